The Kier molecular flexibility index (Phi) is 5.97. The lowest BCUT2D eigenvalue weighted by atomic mass is 9.75. The number of hydrogen-bond acceptors (Lipinski definition) is 4. The molecule has 4 atom stereocenters. The highest BCUT2D eigenvalue weighted by Gasteiger charge is 2.44. The van der Waals surface area contributed by atoms with Gasteiger partial charge in [0.15, 0.2) is 0 Å². The molecule has 0 bridgehead atoms. The SMILES string of the molecule is CC(=O)C1C2=C(CCCC2)SC1C1CCCCCC1CNS. The number of carbonyl (C=O) groups excluding carboxylic acids is 1. The molecule has 0 aromatic carbocycles. The highest BCUT2D eigenvalue weighted by atomic mass is 32.2. The third-order valence-corrected chi connectivity index (χ3v) is 7.70. The summed E-state index contributed by atoms with van der Waals surface area (Å²) in [6.45, 7) is 2.81. The fourth-order valence-electron chi connectivity index (χ4n) is 4.82. The van der Waals surface area contributed by atoms with Crippen LogP contribution < -0.4 is 4.72 Å². The third-order valence-electron chi connectivity index (χ3n) is 5.87. The summed E-state index contributed by atoms with van der Waals surface area (Å²) < 4.78 is 3.11. The standard InChI is InChI=1S/C18H29NOS2/c1-12(20)17-15-9-5-6-10-16(15)22-18(17)14-8-4-2-3-7-13(14)11-19-21/h13-14,17-19,21H,2-11H2,1H3. The summed E-state index contributed by atoms with van der Waals surface area (Å²) in [4.78, 5) is 14.0. The van der Waals surface area contributed by atoms with Crippen molar-refractivity contribution in [2.75, 3.05) is 6.54 Å². The van der Waals surface area contributed by atoms with Gasteiger partial charge in [0.1, 0.15) is 5.78 Å². The number of hydrogen-bond donors (Lipinski definition) is 2. The normalized spacial score (nSPS) is 36.1. The van der Waals surface area contributed by atoms with Gasteiger partial charge in [-0.3, -0.25) is 9.52 Å². The van der Waals surface area contributed by atoms with Gasteiger partial charge in [-0.15, -0.1) is 11.8 Å². The van der Waals surface area contributed by atoms with Crippen molar-refractivity contribution < 1.29 is 4.79 Å². The number of carbonyl (C=O) groups is 1. The minimum atomic E-state index is 0.214. The summed E-state index contributed by atoms with van der Waals surface area (Å²) in [5.74, 6) is 1.98. The maximum absolute atomic E-state index is 12.4. The molecule has 0 saturated heterocycles. The van der Waals surface area contributed by atoms with Crippen LogP contribution in [0.15, 0.2) is 10.5 Å². The first kappa shape index (κ1) is 16.9. The Bertz CT molecular complexity index is 448. The first-order chi connectivity index (χ1) is 10.7. The average molecular weight is 340 g/mol. The third kappa shape index (κ3) is 3.44. The molecule has 1 aliphatic heterocycles. The summed E-state index contributed by atoms with van der Waals surface area (Å²) in [7, 11) is 0. The van der Waals surface area contributed by atoms with Crippen molar-refractivity contribution in [3.8, 4) is 0 Å². The smallest absolute Gasteiger partial charge is 0.138 e. The van der Waals surface area contributed by atoms with Crippen LogP contribution in [0.3, 0.4) is 0 Å². The van der Waals surface area contributed by atoms with Crippen molar-refractivity contribution in [3.63, 3.8) is 0 Å². The predicted molar refractivity (Wildman–Crippen MR) is 98.1 cm³/mol. The maximum Gasteiger partial charge on any atom is 0.138 e. The topological polar surface area (TPSA) is 29.1 Å². The molecule has 0 aromatic rings. The summed E-state index contributed by atoms with van der Waals surface area (Å²) in [5.41, 5.74) is 1.52. The molecule has 0 amide bonds. The molecule has 1 fully saturated rings. The second-order valence-electron chi connectivity index (χ2n) is 7.25. The van der Waals surface area contributed by atoms with Crippen LogP contribution in [-0.4, -0.2) is 17.6 Å². The summed E-state index contributed by atoms with van der Waals surface area (Å²) in [5, 5.41) is 0.505. The molecule has 3 aliphatic rings. The lowest BCUT2D eigenvalue weighted by molar-refractivity contribution is -0.120. The van der Waals surface area contributed by atoms with Crippen LogP contribution in [0.4, 0.5) is 0 Å². The van der Waals surface area contributed by atoms with E-state index in [9.17, 15) is 4.79 Å². The lowest BCUT2D eigenvalue weighted by Crippen LogP contribution is -2.36. The van der Waals surface area contributed by atoms with Gasteiger partial charge in [0.2, 0.25) is 0 Å². The van der Waals surface area contributed by atoms with E-state index < -0.39 is 0 Å². The molecule has 1 saturated carbocycles. The summed E-state index contributed by atoms with van der Waals surface area (Å²) >= 11 is 6.34. The Hall–Kier alpha value is 0.0700. The van der Waals surface area contributed by atoms with Crippen molar-refractivity contribution in [2.24, 2.45) is 17.8 Å². The van der Waals surface area contributed by atoms with Crippen LogP contribution >= 0.6 is 24.6 Å². The largest absolute Gasteiger partial charge is 0.299 e. The van der Waals surface area contributed by atoms with E-state index >= 15 is 0 Å². The molecule has 124 valence electrons. The van der Waals surface area contributed by atoms with Crippen molar-refractivity contribution in [2.45, 2.75) is 70.0 Å². The first-order valence-corrected chi connectivity index (χ1v) is 10.3. The monoisotopic (exact) mass is 339 g/mol. The van der Waals surface area contributed by atoms with E-state index in [1.54, 1.807) is 4.91 Å². The highest BCUT2D eigenvalue weighted by molar-refractivity contribution is 8.04. The van der Waals surface area contributed by atoms with Crippen LogP contribution in [0.5, 0.6) is 0 Å². The highest BCUT2D eigenvalue weighted by Crippen LogP contribution is 2.54. The zero-order valence-corrected chi connectivity index (χ0v) is 15.4. The van der Waals surface area contributed by atoms with Crippen LogP contribution in [0.25, 0.3) is 0 Å². The molecule has 0 aromatic heterocycles. The van der Waals surface area contributed by atoms with Crippen molar-refractivity contribution >= 4 is 30.4 Å². The minimum absolute atomic E-state index is 0.214. The fourth-order valence-corrected chi connectivity index (χ4v) is 7.05. The minimum Gasteiger partial charge on any atom is -0.299 e. The predicted octanol–water partition coefficient (Wildman–Crippen LogP) is 4.77. The van der Waals surface area contributed by atoms with Crippen molar-refractivity contribution in [3.05, 3.63) is 10.5 Å². The number of allylic oxidation sites excluding steroid dienone is 2. The average Bonchev–Trinajstić information content (AvgIpc) is 2.74. The van der Waals surface area contributed by atoms with Crippen molar-refractivity contribution in [1.82, 2.24) is 4.72 Å². The van der Waals surface area contributed by atoms with E-state index in [2.05, 4.69) is 29.3 Å². The van der Waals surface area contributed by atoms with Crippen molar-refractivity contribution in [1.29, 1.82) is 0 Å². The van der Waals surface area contributed by atoms with Gasteiger partial charge < -0.3 is 0 Å². The van der Waals surface area contributed by atoms with E-state index in [0.717, 1.165) is 6.54 Å². The molecule has 0 radical (unpaired) electrons. The zero-order chi connectivity index (χ0) is 15.5. The molecule has 1 heterocycles. The molecule has 0 spiro atoms. The van der Waals surface area contributed by atoms with Gasteiger partial charge in [0.05, 0.1) is 5.92 Å². The number of rotatable bonds is 4. The van der Waals surface area contributed by atoms with Gasteiger partial charge in [-0.25, -0.2) is 0 Å². The summed E-state index contributed by atoms with van der Waals surface area (Å²) in [6, 6.07) is 0. The second-order valence-corrected chi connectivity index (χ2v) is 8.84. The Morgan fingerprint density at radius 2 is 1.95 bits per heavy atom. The van der Waals surface area contributed by atoms with E-state index in [1.807, 2.05) is 6.92 Å². The maximum atomic E-state index is 12.4. The Balaban J connectivity index is 1.83. The lowest BCUT2D eigenvalue weighted by Gasteiger charge is -2.33. The number of Topliss-reactive ketones (excluding diaryl/α,β-unsaturated/α-hetero) is 1. The molecule has 2 nitrogen and oxygen atoms in total. The van der Waals surface area contributed by atoms with Crippen LogP contribution in [0.1, 0.15) is 64.7 Å². The Morgan fingerprint density at radius 1 is 1.18 bits per heavy atom. The molecule has 1 N–H and O–H groups in total. The van der Waals surface area contributed by atoms with E-state index in [-0.39, 0.29) is 5.92 Å². The number of ketones is 1. The van der Waals surface area contributed by atoms with Crippen LogP contribution in [0.2, 0.25) is 0 Å². The quantitative estimate of drug-likeness (QED) is 0.571. The fraction of sp³-hybridized carbons (Fsp3) is 0.833. The Labute approximate surface area is 144 Å². The molecule has 22 heavy (non-hydrogen) atoms. The number of thiol groups is 1. The van der Waals surface area contributed by atoms with Crippen LogP contribution in [0, 0.1) is 17.8 Å². The van der Waals surface area contributed by atoms with Gasteiger partial charge in [0, 0.05) is 11.8 Å². The van der Waals surface area contributed by atoms with Gasteiger partial charge in [0.25, 0.3) is 0 Å². The van der Waals surface area contributed by atoms with Gasteiger partial charge in [-0.2, -0.15) is 0 Å². The van der Waals surface area contributed by atoms with Gasteiger partial charge in [-0.1, -0.05) is 32.1 Å². The summed E-state index contributed by atoms with van der Waals surface area (Å²) in [6.07, 6.45) is 11.6. The second kappa shape index (κ2) is 7.76. The molecule has 3 rings (SSSR count). The number of thioether (sulfide) groups is 1. The first-order valence-electron chi connectivity index (χ1n) is 8.98. The zero-order valence-electron chi connectivity index (χ0n) is 13.6. The van der Waals surface area contributed by atoms with Gasteiger partial charge in [-0.05, 0) is 67.8 Å². The van der Waals surface area contributed by atoms with E-state index in [4.69, 9.17) is 0 Å². The molecule has 4 unspecified atom stereocenters. The van der Waals surface area contributed by atoms with Crippen LogP contribution in [-0.2, 0) is 4.79 Å². The number of nitrogens with one attached hydrogen (secondary N) is 1. The van der Waals surface area contributed by atoms with E-state index in [0.29, 0.717) is 22.9 Å². The molecular weight excluding hydrogens is 310 g/mol. The van der Waals surface area contributed by atoms with Gasteiger partial charge >= 0.3 is 0 Å². The van der Waals surface area contributed by atoms with E-state index in [1.165, 1.54) is 63.4 Å². The molecular formula is C18H29NOS2. The Morgan fingerprint density at radius 3 is 2.73 bits per heavy atom. The molecule has 2 aliphatic carbocycles. The molecule has 4 heteroatoms.